The molecule has 1 aromatic carbocycles. The number of halogens is 3. The van der Waals surface area contributed by atoms with Crippen LogP contribution in [-0.4, -0.2) is 16.2 Å². The Hall–Kier alpha value is -1.96. The summed E-state index contributed by atoms with van der Waals surface area (Å²) in [6, 6.07) is 6.18. The topological polar surface area (TPSA) is 63.8 Å². The summed E-state index contributed by atoms with van der Waals surface area (Å²) in [5.41, 5.74) is 5.41. The van der Waals surface area contributed by atoms with Crippen molar-refractivity contribution in [1.29, 1.82) is 0 Å². The van der Waals surface area contributed by atoms with E-state index in [9.17, 15) is 13.2 Å². The largest absolute Gasteiger partial charge is 0.416 e. The van der Waals surface area contributed by atoms with Crippen LogP contribution in [0.2, 0.25) is 0 Å². The number of rotatable bonds is 3. The van der Waals surface area contributed by atoms with Gasteiger partial charge in [0.05, 0.1) is 5.56 Å². The highest BCUT2D eigenvalue weighted by atomic mass is 32.2. The van der Waals surface area contributed by atoms with Gasteiger partial charge in [-0.15, -0.1) is 0 Å². The van der Waals surface area contributed by atoms with Crippen LogP contribution in [0.25, 0.3) is 0 Å². The maximum absolute atomic E-state index is 12.4. The van der Waals surface area contributed by atoms with Gasteiger partial charge >= 0.3 is 6.18 Å². The minimum Gasteiger partial charge on any atom is -0.383 e. The van der Waals surface area contributed by atoms with Gasteiger partial charge in [-0.05, 0) is 30.5 Å². The number of nitrogens with two attached hydrogens (primary N) is 1. The maximum Gasteiger partial charge on any atom is 0.416 e. The molecule has 106 valence electrons. The smallest absolute Gasteiger partial charge is 0.383 e. The van der Waals surface area contributed by atoms with E-state index in [0.717, 1.165) is 12.1 Å². The van der Waals surface area contributed by atoms with Gasteiger partial charge < -0.3 is 11.1 Å². The Morgan fingerprint density at radius 2 is 1.80 bits per heavy atom. The standard InChI is InChI=1S/C12H11F3N4S/c1-20-11-18-9(16)6-10(19-11)17-8-4-2-7(3-5-8)12(13,14)15/h2-6H,1H3,(H3,16,17,18,19). The molecule has 2 rings (SSSR count). The van der Waals surface area contributed by atoms with Crippen LogP contribution in [0.3, 0.4) is 0 Å². The summed E-state index contributed by atoms with van der Waals surface area (Å²) in [6.07, 6.45) is -2.54. The van der Waals surface area contributed by atoms with E-state index >= 15 is 0 Å². The van der Waals surface area contributed by atoms with Gasteiger partial charge in [0, 0.05) is 11.8 Å². The second-order valence-corrected chi connectivity index (χ2v) is 4.64. The number of nitrogens with one attached hydrogen (secondary N) is 1. The fraction of sp³-hybridized carbons (Fsp3) is 0.167. The molecule has 0 saturated heterocycles. The van der Waals surface area contributed by atoms with E-state index in [4.69, 9.17) is 5.73 Å². The molecule has 0 fully saturated rings. The van der Waals surface area contributed by atoms with Crippen molar-refractivity contribution >= 4 is 29.1 Å². The fourth-order valence-electron chi connectivity index (χ4n) is 1.49. The molecule has 0 spiro atoms. The molecular weight excluding hydrogens is 289 g/mol. The molecule has 2 aromatic rings. The Morgan fingerprint density at radius 3 is 2.35 bits per heavy atom. The van der Waals surface area contributed by atoms with Crippen LogP contribution in [0.15, 0.2) is 35.5 Å². The van der Waals surface area contributed by atoms with E-state index in [2.05, 4.69) is 15.3 Å². The van der Waals surface area contributed by atoms with Gasteiger partial charge in [-0.3, -0.25) is 0 Å². The summed E-state index contributed by atoms with van der Waals surface area (Å²) < 4.78 is 37.3. The van der Waals surface area contributed by atoms with Gasteiger partial charge in [0.1, 0.15) is 11.6 Å². The summed E-state index contributed by atoms with van der Waals surface area (Å²) >= 11 is 1.32. The van der Waals surface area contributed by atoms with Crippen molar-refractivity contribution in [2.24, 2.45) is 0 Å². The van der Waals surface area contributed by atoms with E-state index in [1.54, 1.807) is 6.26 Å². The number of thioether (sulfide) groups is 1. The third kappa shape index (κ3) is 3.53. The first kappa shape index (κ1) is 14.4. The average Bonchev–Trinajstić information content (AvgIpc) is 2.37. The number of hydrogen-bond acceptors (Lipinski definition) is 5. The lowest BCUT2D eigenvalue weighted by molar-refractivity contribution is -0.137. The highest BCUT2D eigenvalue weighted by molar-refractivity contribution is 7.98. The number of hydrogen-bond donors (Lipinski definition) is 2. The van der Waals surface area contributed by atoms with E-state index in [1.165, 1.54) is 30.0 Å². The molecule has 0 atom stereocenters. The van der Waals surface area contributed by atoms with Crippen LogP contribution in [0.5, 0.6) is 0 Å². The molecule has 0 aliphatic heterocycles. The molecule has 8 heteroatoms. The second-order valence-electron chi connectivity index (χ2n) is 3.86. The van der Waals surface area contributed by atoms with Crippen molar-refractivity contribution < 1.29 is 13.2 Å². The molecular formula is C12H11F3N4S. The van der Waals surface area contributed by atoms with E-state index in [0.29, 0.717) is 22.5 Å². The lowest BCUT2D eigenvalue weighted by Gasteiger charge is -2.10. The Labute approximate surface area is 117 Å². The van der Waals surface area contributed by atoms with Crippen LogP contribution in [0.4, 0.5) is 30.5 Å². The van der Waals surface area contributed by atoms with Crippen molar-refractivity contribution in [2.75, 3.05) is 17.3 Å². The monoisotopic (exact) mass is 300 g/mol. The Morgan fingerprint density at radius 1 is 1.15 bits per heavy atom. The predicted molar refractivity (Wildman–Crippen MR) is 73.0 cm³/mol. The molecule has 0 aliphatic rings. The minimum atomic E-state index is -4.34. The molecule has 0 aliphatic carbocycles. The summed E-state index contributed by atoms with van der Waals surface area (Å²) in [4.78, 5) is 8.14. The van der Waals surface area contributed by atoms with Crippen molar-refractivity contribution in [1.82, 2.24) is 9.97 Å². The fourth-order valence-corrected chi connectivity index (χ4v) is 1.88. The van der Waals surface area contributed by atoms with E-state index in [-0.39, 0.29) is 0 Å². The number of nitrogen functional groups attached to an aromatic ring is 1. The first-order chi connectivity index (χ1) is 9.38. The summed E-state index contributed by atoms with van der Waals surface area (Å²) in [6.45, 7) is 0. The van der Waals surface area contributed by atoms with Gasteiger partial charge in [-0.25, -0.2) is 9.97 Å². The van der Waals surface area contributed by atoms with E-state index < -0.39 is 11.7 Å². The SMILES string of the molecule is CSc1nc(N)cc(Nc2ccc(C(F)(F)F)cc2)n1. The molecule has 0 unspecified atom stereocenters. The third-order valence-corrected chi connectivity index (χ3v) is 2.94. The zero-order chi connectivity index (χ0) is 14.8. The highest BCUT2D eigenvalue weighted by Crippen LogP contribution is 2.30. The number of nitrogens with zero attached hydrogens (tertiary/aromatic N) is 2. The lowest BCUT2D eigenvalue weighted by Crippen LogP contribution is -2.05. The lowest BCUT2D eigenvalue weighted by atomic mass is 10.2. The molecule has 0 saturated carbocycles. The van der Waals surface area contributed by atoms with Crippen LogP contribution in [-0.2, 0) is 6.18 Å². The number of anilines is 3. The second kappa shape index (κ2) is 5.58. The van der Waals surface area contributed by atoms with Gasteiger partial charge in [0.25, 0.3) is 0 Å². The molecule has 1 heterocycles. The van der Waals surface area contributed by atoms with Gasteiger partial charge in [0.15, 0.2) is 5.16 Å². The molecule has 3 N–H and O–H groups in total. The minimum absolute atomic E-state index is 0.291. The summed E-state index contributed by atoms with van der Waals surface area (Å²) in [5.74, 6) is 0.723. The Bertz CT molecular complexity index is 599. The molecule has 0 bridgehead atoms. The zero-order valence-electron chi connectivity index (χ0n) is 10.4. The number of aromatic nitrogens is 2. The van der Waals surface area contributed by atoms with Crippen LogP contribution < -0.4 is 11.1 Å². The van der Waals surface area contributed by atoms with Crippen molar-refractivity contribution in [3.8, 4) is 0 Å². The summed E-state index contributed by atoms with van der Waals surface area (Å²) in [7, 11) is 0. The van der Waals surface area contributed by atoms with Gasteiger partial charge in [-0.1, -0.05) is 11.8 Å². The molecule has 1 aromatic heterocycles. The van der Waals surface area contributed by atoms with Crippen molar-refractivity contribution in [3.63, 3.8) is 0 Å². The quantitative estimate of drug-likeness (QED) is 0.670. The summed E-state index contributed by atoms with van der Waals surface area (Å²) in [5, 5.41) is 3.37. The normalized spacial score (nSPS) is 11.4. The van der Waals surface area contributed by atoms with Gasteiger partial charge in [0.2, 0.25) is 0 Å². The van der Waals surface area contributed by atoms with Gasteiger partial charge in [-0.2, -0.15) is 13.2 Å². The molecule has 0 radical (unpaired) electrons. The average molecular weight is 300 g/mol. The number of alkyl halides is 3. The van der Waals surface area contributed by atoms with Crippen LogP contribution in [0, 0.1) is 0 Å². The molecule has 0 amide bonds. The molecule has 20 heavy (non-hydrogen) atoms. The first-order valence-corrected chi connectivity index (χ1v) is 6.74. The van der Waals surface area contributed by atoms with Crippen LogP contribution >= 0.6 is 11.8 Å². The highest BCUT2D eigenvalue weighted by Gasteiger charge is 2.29. The van der Waals surface area contributed by atoms with Crippen molar-refractivity contribution in [2.45, 2.75) is 11.3 Å². The first-order valence-electron chi connectivity index (χ1n) is 5.51. The Balaban J connectivity index is 2.20. The van der Waals surface area contributed by atoms with E-state index in [1.807, 2.05) is 0 Å². The number of benzene rings is 1. The van der Waals surface area contributed by atoms with Crippen molar-refractivity contribution in [3.05, 3.63) is 35.9 Å². The van der Waals surface area contributed by atoms with Crippen LogP contribution in [0.1, 0.15) is 5.56 Å². The Kier molecular flexibility index (Phi) is 4.03. The molecule has 4 nitrogen and oxygen atoms in total. The maximum atomic E-state index is 12.4. The third-order valence-electron chi connectivity index (χ3n) is 2.39. The predicted octanol–water partition coefficient (Wildman–Crippen LogP) is 3.54. The zero-order valence-corrected chi connectivity index (χ0v) is 11.2.